The molecular weight excluding hydrogens is 382 g/mol. The van der Waals surface area contributed by atoms with Gasteiger partial charge >= 0.3 is 0 Å². The van der Waals surface area contributed by atoms with Gasteiger partial charge in [-0.25, -0.2) is 4.98 Å². The van der Waals surface area contributed by atoms with E-state index in [0.29, 0.717) is 35.7 Å². The van der Waals surface area contributed by atoms with Crippen molar-refractivity contribution in [2.75, 3.05) is 34.8 Å². The zero-order valence-electron chi connectivity index (χ0n) is 17.0. The fraction of sp³-hybridized carbons (Fsp3) is 0.381. The van der Waals surface area contributed by atoms with Crippen LogP contribution in [0, 0.1) is 6.92 Å². The number of anilines is 3. The third kappa shape index (κ3) is 3.06. The molecule has 0 spiro atoms. The molecule has 30 heavy (non-hydrogen) atoms. The minimum Gasteiger partial charge on any atom is -0.421 e. The van der Waals surface area contributed by atoms with Crippen LogP contribution in [0.25, 0.3) is 11.5 Å². The maximum Gasteiger partial charge on any atom is 0.263 e. The topological polar surface area (TPSA) is 100 Å². The Kier molecular flexibility index (Phi) is 4.57. The molecule has 1 aromatic carbocycles. The zero-order valence-corrected chi connectivity index (χ0v) is 17.0. The monoisotopic (exact) mass is 405 g/mol. The number of benzene rings is 1. The summed E-state index contributed by atoms with van der Waals surface area (Å²) in [4.78, 5) is 26.8. The maximum absolute atomic E-state index is 13.7. The molecule has 4 heterocycles. The van der Waals surface area contributed by atoms with Crippen LogP contribution in [0.1, 0.15) is 36.0 Å². The van der Waals surface area contributed by atoms with E-state index >= 15 is 0 Å². The largest absolute Gasteiger partial charge is 0.421 e. The van der Waals surface area contributed by atoms with Gasteiger partial charge in [0.2, 0.25) is 17.7 Å². The quantitative estimate of drug-likeness (QED) is 0.707. The number of fused-ring (bicyclic) bond motifs is 3. The first kappa shape index (κ1) is 18.5. The number of aromatic nitrogens is 4. The highest BCUT2D eigenvalue weighted by atomic mass is 16.4. The number of hydrogen-bond donors (Lipinski definition) is 1. The van der Waals surface area contributed by atoms with Gasteiger partial charge in [-0.05, 0) is 31.9 Å². The Bertz CT molecular complexity index is 1100. The van der Waals surface area contributed by atoms with Crippen LogP contribution in [0.2, 0.25) is 0 Å². The van der Waals surface area contributed by atoms with Gasteiger partial charge in [-0.3, -0.25) is 4.79 Å². The number of carbonyl (C=O) groups is 1. The molecule has 2 aliphatic heterocycles. The van der Waals surface area contributed by atoms with Crippen LogP contribution in [-0.2, 0) is 0 Å². The minimum atomic E-state index is -0.119. The van der Waals surface area contributed by atoms with Crippen LogP contribution < -0.4 is 15.1 Å². The molecule has 0 unspecified atom stereocenters. The molecular formula is C21H23N7O2. The van der Waals surface area contributed by atoms with E-state index in [1.165, 1.54) is 0 Å². The number of hydrogen-bond acceptors (Lipinski definition) is 8. The van der Waals surface area contributed by atoms with E-state index in [9.17, 15) is 4.79 Å². The molecule has 9 nitrogen and oxygen atoms in total. The molecule has 1 amide bonds. The van der Waals surface area contributed by atoms with E-state index in [0.717, 1.165) is 37.2 Å². The zero-order chi connectivity index (χ0) is 20.7. The minimum absolute atomic E-state index is 0.119. The highest BCUT2D eigenvalue weighted by Crippen LogP contribution is 2.37. The summed E-state index contributed by atoms with van der Waals surface area (Å²) < 4.78 is 5.66. The molecule has 0 aliphatic carbocycles. The average Bonchev–Trinajstić information content (AvgIpc) is 3.38. The number of amides is 1. The second-order valence-corrected chi connectivity index (χ2v) is 7.51. The number of rotatable bonds is 4. The van der Waals surface area contributed by atoms with Gasteiger partial charge < -0.3 is 19.5 Å². The molecule has 1 N–H and O–H groups in total. The van der Waals surface area contributed by atoms with Gasteiger partial charge in [0.25, 0.3) is 5.91 Å². The molecule has 3 aromatic rings. The second kappa shape index (κ2) is 7.40. The van der Waals surface area contributed by atoms with Crippen molar-refractivity contribution in [2.45, 2.75) is 32.7 Å². The summed E-state index contributed by atoms with van der Waals surface area (Å²) in [6.07, 6.45) is 3.71. The van der Waals surface area contributed by atoms with Crippen molar-refractivity contribution < 1.29 is 9.21 Å². The lowest BCUT2D eigenvalue weighted by Crippen LogP contribution is -2.40. The Morgan fingerprint density at radius 2 is 2.10 bits per heavy atom. The summed E-state index contributed by atoms with van der Waals surface area (Å²) in [6, 6.07) is 7.83. The van der Waals surface area contributed by atoms with E-state index in [1.807, 2.05) is 31.2 Å². The van der Waals surface area contributed by atoms with Gasteiger partial charge in [0.15, 0.2) is 0 Å². The van der Waals surface area contributed by atoms with Crippen LogP contribution in [0.5, 0.6) is 0 Å². The van der Waals surface area contributed by atoms with Gasteiger partial charge in [-0.1, -0.05) is 12.1 Å². The first-order valence-corrected chi connectivity index (χ1v) is 10.2. The van der Waals surface area contributed by atoms with Crippen molar-refractivity contribution in [3.63, 3.8) is 0 Å². The van der Waals surface area contributed by atoms with Crippen molar-refractivity contribution >= 4 is 23.4 Å². The highest BCUT2D eigenvalue weighted by molar-refractivity contribution is 6.11. The SMILES string of the molecule is CCNc1ncc2c(n1)N1CCC[C@H]1CN(c1ccccc1-c1nnc(C)o1)C2=O. The Labute approximate surface area is 174 Å². The Morgan fingerprint density at radius 1 is 1.23 bits per heavy atom. The van der Waals surface area contributed by atoms with E-state index in [2.05, 4.69) is 30.4 Å². The van der Waals surface area contributed by atoms with Crippen molar-refractivity contribution in [1.82, 2.24) is 20.2 Å². The molecule has 154 valence electrons. The van der Waals surface area contributed by atoms with Crippen LogP contribution in [-0.4, -0.2) is 51.7 Å². The Morgan fingerprint density at radius 3 is 2.90 bits per heavy atom. The number of carbonyl (C=O) groups excluding carboxylic acids is 1. The normalized spacial score (nSPS) is 18.2. The summed E-state index contributed by atoms with van der Waals surface area (Å²) in [6.45, 7) is 5.92. The molecule has 1 atom stereocenters. The van der Waals surface area contributed by atoms with Gasteiger partial charge in [-0.2, -0.15) is 4.98 Å². The van der Waals surface area contributed by atoms with Gasteiger partial charge in [-0.15, -0.1) is 10.2 Å². The smallest absolute Gasteiger partial charge is 0.263 e. The second-order valence-electron chi connectivity index (χ2n) is 7.51. The fourth-order valence-electron chi connectivity index (χ4n) is 4.23. The van der Waals surface area contributed by atoms with Crippen molar-refractivity contribution in [3.05, 3.63) is 41.9 Å². The Balaban J connectivity index is 1.62. The van der Waals surface area contributed by atoms with Crippen molar-refractivity contribution in [2.24, 2.45) is 0 Å². The molecule has 0 bridgehead atoms. The average molecular weight is 405 g/mol. The number of para-hydroxylation sites is 1. The summed E-state index contributed by atoms with van der Waals surface area (Å²) in [5, 5.41) is 11.3. The molecule has 5 rings (SSSR count). The molecule has 2 aliphatic rings. The van der Waals surface area contributed by atoms with Gasteiger partial charge in [0.05, 0.1) is 11.3 Å². The van der Waals surface area contributed by atoms with Crippen molar-refractivity contribution in [1.29, 1.82) is 0 Å². The van der Waals surface area contributed by atoms with E-state index in [-0.39, 0.29) is 11.9 Å². The van der Waals surface area contributed by atoms with Crippen molar-refractivity contribution in [3.8, 4) is 11.5 Å². The lowest BCUT2D eigenvalue weighted by molar-refractivity contribution is 0.0988. The third-order valence-electron chi connectivity index (χ3n) is 5.57. The lowest BCUT2D eigenvalue weighted by atomic mass is 10.1. The van der Waals surface area contributed by atoms with Gasteiger partial charge in [0, 0.05) is 38.8 Å². The lowest BCUT2D eigenvalue weighted by Gasteiger charge is -2.27. The van der Waals surface area contributed by atoms with Gasteiger partial charge in [0.1, 0.15) is 11.4 Å². The number of nitrogens with zero attached hydrogens (tertiary/aromatic N) is 6. The highest BCUT2D eigenvalue weighted by Gasteiger charge is 2.38. The fourth-order valence-corrected chi connectivity index (χ4v) is 4.23. The first-order valence-electron chi connectivity index (χ1n) is 10.2. The maximum atomic E-state index is 13.7. The van der Waals surface area contributed by atoms with E-state index in [4.69, 9.17) is 4.42 Å². The third-order valence-corrected chi connectivity index (χ3v) is 5.57. The van der Waals surface area contributed by atoms with Crippen LogP contribution in [0.3, 0.4) is 0 Å². The molecule has 9 heteroatoms. The molecule has 1 saturated heterocycles. The summed E-state index contributed by atoms with van der Waals surface area (Å²) in [5.41, 5.74) is 2.00. The predicted octanol–water partition coefficient (Wildman–Crippen LogP) is 2.90. The number of nitrogens with one attached hydrogen (secondary N) is 1. The predicted molar refractivity (Wildman–Crippen MR) is 113 cm³/mol. The summed E-state index contributed by atoms with van der Waals surface area (Å²) >= 11 is 0. The number of aryl methyl sites for hydroxylation is 1. The summed E-state index contributed by atoms with van der Waals surface area (Å²) in [7, 11) is 0. The molecule has 0 saturated carbocycles. The van der Waals surface area contributed by atoms with E-state index < -0.39 is 0 Å². The summed E-state index contributed by atoms with van der Waals surface area (Å²) in [5.74, 6) is 2.03. The van der Waals surface area contributed by atoms with Crippen LogP contribution in [0.15, 0.2) is 34.9 Å². The van der Waals surface area contributed by atoms with E-state index in [1.54, 1.807) is 18.0 Å². The Hall–Kier alpha value is -3.49. The standard InChI is InChI=1S/C21H23N7O2/c1-3-22-21-23-11-16-18(24-21)27-10-6-7-14(27)12-28(20(16)29)17-9-5-4-8-15(17)19-26-25-13(2)30-19/h4-5,8-9,11,14H,3,6-7,10,12H2,1-2H3,(H,22,23,24)/t14-/m0/s1. The van der Waals surface area contributed by atoms with Crippen LogP contribution in [0.4, 0.5) is 17.5 Å². The molecule has 0 radical (unpaired) electrons. The first-order chi connectivity index (χ1) is 14.7. The van der Waals surface area contributed by atoms with Crippen LogP contribution >= 0.6 is 0 Å². The molecule has 2 aromatic heterocycles. The molecule has 1 fully saturated rings.